The SMILES string of the molecule is C=C(CCC(=O)N1N=CCC1c1cncc(C#N)c1)Cn1ncc2cc(C#N)ccc21. The smallest absolute Gasteiger partial charge is 0.243 e. The first-order valence-corrected chi connectivity index (χ1v) is 9.81. The molecule has 1 amide bonds. The summed E-state index contributed by atoms with van der Waals surface area (Å²) in [5, 5.41) is 29.1. The molecule has 1 atom stereocenters. The lowest BCUT2D eigenvalue weighted by Crippen LogP contribution is -2.27. The van der Waals surface area contributed by atoms with Crippen LogP contribution in [0.5, 0.6) is 0 Å². The number of aromatic nitrogens is 3. The summed E-state index contributed by atoms with van der Waals surface area (Å²) in [6.45, 7) is 4.59. The molecule has 1 aliphatic heterocycles. The lowest BCUT2D eigenvalue weighted by molar-refractivity contribution is -0.133. The maximum absolute atomic E-state index is 12.8. The Morgan fingerprint density at radius 3 is 2.77 bits per heavy atom. The van der Waals surface area contributed by atoms with Gasteiger partial charge in [0.25, 0.3) is 0 Å². The van der Waals surface area contributed by atoms with Gasteiger partial charge in [-0.1, -0.05) is 12.2 Å². The van der Waals surface area contributed by atoms with Gasteiger partial charge in [-0.05, 0) is 36.2 Å². The molecule has 0 fully saturated rings. The van der Waals surface area contributed by atoms with E-state index in [2.05, 4.69) is 33.9 Å². The van der Waals surface area contributed by atoms with Crippen molar-refractivity contribution in [3.05, 3.63) is 71.7 Å². The quantitative estimate of drug-likeness (QED) is 0.579. The Balaban J connectivity index is 1.38. The second-order valence-corrected chi connectivity index (χ2v) is 7.34. The summed E-state index contributed by atoms with van der Waals surface area (Å²) in [5.74, 6) is -0.105. The van der Waals surface area contributed by atoms with E-state index >= 15 is 0 Å². The highest BCUT2D eigenvalue weighted by molar-refractivity contribution is 5.81. The molecule has 31 heavy (non-hydrogen) atoms. The van der Waals surface area contributed by atoms with Crippen molar-refractivity contribution in [3.8, 4) is 12.1 Å². The Bertz CT molecular complexity index is 1280. The maximum Gasteiger partial charge on any atom is 0.243 e. The Hall–Kier alpha value is -4.30. The number of fused-ring (bicyclic) bond motifs is 1. The largest absolute Gasteiger partial charge is 0.273 e. The number of pyridine rings is 1. The normalized spacial score (nSPS) is 15.0. The van der Waals surface area contributed by atoms with Crippen LogP contribution in [0.15, 0.2) is 60.1 Å². The zero-order valence-electron chi connectivity index (χ0n) is 16.8. The third-order valence-electron chi connectivity index (χ3n) is 5.20. The Morgan fingerprint density at radius 2 is 1.97 bits per heavy atom. The van der Waals surface area contributed by atoms with Gasteiger partial charge in [0.1, 0.15) is 6.07 Å². The van der Waals surface area contributed by atoms with Crippen LogP contribution in [-0.4, -0.2) is 31.9 Å². The summed E-state index contributed by atoms with van der Waals surface area (Å²) in [4.78, 5) is 16.9. The van der Waals surface area contributed by atoms with Gasteiger partial charge in [-0.2, -0.15) is 20.7 Å². The van der Waals surface area contributed by atoms with Crippen LogP contribution in [0, 0.1) is 22.7 Å². The number of hydrazone groups is 1. The molecule has 2 aromatic heterocycles. The Kier molecular flexibility index (Phi) is 5.55. The second kappa shape index (κ2) is 8.60. The molecule has 0 saturated heterocycles. The summed E-state index contributed by atoms with van der Waals surface area (Å²) in [6, 6.07) is 11.1. The zero-order valence-corrected chi connectivity index (χ0v) is 16.8. The summed E-state index contributed by atoms with van der Waals surface area (Å²) < 4.78 is 1.82. The number of amides is 1. The first-order valence-electron chi connectivity index (χ1n) is 9.81. The van der Waals surface area contributed by atoms with Crippen LogP contribution in [-0.2, 0) is 11.3 Å². The fourth-order valence-corrected chi connectivity index (χ4v) is 3.60. The van der Waals surface area contributed by atoms with E-state index in [1.54, 1.807) is 36.8 Å². The van der Waals surface area contributed by atoms with Gasteiger partial charge in [0, 0.05) is 36.8 Å². The van der Waals surface area contributed by atoms with Crippen molar-refractivity contribution in [3.63, 3.8) is 0 Å². The molecule has 0 aliphatic carbocycles. The van der Waals surface area contributed by atoms with Crippen LogP contribution in [0.2, 0.25) is 0 Å². The second-order valence-electron chi connectivity index (χ2n) is 7.34. The maximum atomic E-state index is 12.8. The van der Waals surface area contributed by atoms with E-state index in [4.69, 9.17) is 10.5 Å². The van der Waals surface area contributed by atoms with Crippen molar-refractivity contribution < 1.29 is 4.79 Å². The molecule has 4 rings (SSSR count). The van der Waals surface area contributed by atoms with Gasteiger partial charge in [0.15, 0.2) is 0 Å². The predicted octanol–water partition coefficient (Wildman–Crippen LogP) is 3.47. The topological polar surface area (TPSA) is 111 Å². The molecule has 0 N–H and O–H groups in total. The number of benzene rings is 1. The molecule has 0 saturated carbocycles. The summed E-state index contributed by atoms with van der Waals surface area (Å²) >= 11 is 0. The van der Waals surface area contributed by atoms with E-state index in [-0.39, 0.29) is 18.4 Å². The monoisotopic (exact) mass is 409 g/mol. The van der Waals surface area contributed by atoms with E-state index in [0.717, 1.165) is 22.0 Å². The summed E-state index contributed by atoms with van der Waals surface area (Å²) in [6.07, 6.45) is 7.97. The average molecular weight is 409 g/mol. The average Bonchev–Trinajstić information content (AvgIpc) is 3.44. The van der Waals surface area contributed by atoms with Gasteiger partial charge in [-0.3, -0.25) is 14.5 Å². The standard InChI is InChI=1S/C23H19N7O/c1-16(15-29-21-4-3-17(10-24)8-20(21)14-28-29)2-5-23(31)30-22(6-7-27-30)19-9-18(11-25)12-26-13-19/h3-4,7-9,12-14,22H,1-2,5-6,15H2. The van der Waals surface area contributed by atoms with Crippen molar-refractivity contribution in [1.29, 1.82) is 10.5 Å². The Morgan fingerprint density at radius 1 is 1.13 bits per heavy atom. The van der Waals surface area contributed by atoms with Gasteiger partial charge in [0.05, 0.1) is 41.5 Å². The molecule has 1 aromatic carbocycles. The molecule has 1 unspecified atom stereocenters. The zero-order chi connectivity index (χ0) is 21.8. The molecule has 3 aromatic rings. The van der Waals surface area contributed by atoms with E-state index < -0.39 is 0 Å². The molecule has 3 heterocycles. The number of hydrogen-bond acceptors (Lipinski definition) is 6. The van der Waals surface area contributed by atoms with E-state index in [1.165, 1.54) is 11.2 Å². The van der Waals surface area contributed by atoms with Crippen molar-refractivity contribution in [1.82, 2.24) is 19.8 Å². The third-order valence-corrected chi connectivity index (χ3v) is 5.20. The number of rotatable bonds is 6. The van der Waals surface area contributed by atoms with Crippen LogP contribution in [0.25, 0.3) is 10.9 Å². The minimum absolute atomic E-state index is 0.105. The van der Waals surface area contributed by atoms with E-state index in [1.807, 2.05) is 10.7 Å². The molecular weight excluding hydrogens is 390 g/mol. The number of allylic oxidation sites excluding steroid dienone is 1. The lowest BCUT2D eigenvalue weighted by atomic mass is 10.0. The minimum atomic E-state index is -0.244. The molecule has 0 bridgehead atoms. The van der Waals surface area contributed by atoms with Crippen molar-refractivity contribution >= 4 is 23.0 Å². The van der Waals surface area contributed by atoms with Crippen LogP contribution < -0.4 is 0 Å². The van der Waals surface area contributed by atoms with Gasteiger partial charge >= 0.3 is 0 Å². The van der Waals surface area contributed by atoms with Gasteiger partial charge in [-0.25, -0.2) is 5.01 Å². The highest BCUT2D eigenvalue weighted by Gasteiger charge is 2.28. The van der Waals surface area contributed by atoms with Gasteiger partial charge < -0.3 is 0 Å². The molecule has 0 radical (unpaired) electrons. The fraction of sp³-hybridized carbons (Fsp3) is 0.217. The number of hydrogen-bond donors (Lipinski definition) is 0. The molecule has 0 spiro atoms. The number of nitrogens with zero attached hydrogens (tertiary/aromatic N) is 7. The molecule has 152 valence electrons. The lowest BCUT2D eigenvalue weighted by Gasteiger charge is -2.22. The van der Waals surface area contributed by atoms with Crippen molar-refractivity contribution in [2.45, 2.75) is 31.8 Å². The van der Waals surface area contributed by atoms with Gasteiger partial charge in [-0.15, -0.1) is 0 Å². The third kappa shape index (κ3) is 4.19. The number of carbonyl (C=O) groups excluding carboxylic acids is 1. The summed E-state index contributed by atoms with van der Waals surface area (Å²) in [5.41, 5.74) is 3.63. The van der Waals surface area contributed by atoms with Gasteiger partial charge in [0.2, 0.25) is 5.91 Å². The highest BCUT2D eigenvalue weighted by Crippen LogP contribution is 2.29. The van der Waals surface area contributed by atoms with E-state index in [0.29, 0.717) is 30.5 Å². The van der Waals surface area contributed by atoms with Crippen molar-refractivity contribution in [2.75, 3.05) is 0 Å². The minimum Gasteiger partial charge on any atom is -0.273 e. The molecule has 8 heteroatoms. The van der Waals surface area contributed by atoms with Crippen LogP contribution in [0.4, 0.5) is 0 Å². The number of carbonyl (C=O) groups is 1. The first-order chi connectivity index (χ1) is 15.1. The van der Waals surface area contributed by atoms with Crippen LogP contribution in [0.3, 0.4) is 0 Å². The first kappa shape index (κ1) is 20.0. The fourth-order valence-electron chi connectivity index (χ4n) is 3.60. The summed E-state index contributed by atoms with van der Waals surface area (Å²) in [7, 11) is 0. The molecule has 8 nitrogen and oxygen atoms in total. The number of nitriles is 2. The molecular formula is C23H19N7O. The Labute approximate surface area is 179 Å². The molecule has 1 aliphatic rings. The predicted molar refractivity (Wildman–Crippen MR) is 114 cm³/mol. The van der Waals surface area contributed by atoms with Crippen molar-refractivity contribution in [2.24, 2.45) is 5.10 Å². The van der Waals surface area contributed by atoms with E-state index in [9.17, 15) is 4.79 Å². The van der Waals surface area contributed by atoms with Crippen LogP contribution >= 0.6 is 0 Å². The highest BCUT2D eigenvalue weighted by atomic mass is 16.2. The van der Waals surface area contributed by atoms with Crippen LogP contribution in [0.1, 0.15) is 42.0 Å².